The van der Waals surface area contributed by atoms with Crippen LogP contribution in [-0.2, 0) is 16.1 Å². The number of nitrogens with zero attached hydrogens (tertiary/aromatic N) is 2. The number of hydrogen-bond donors (Lipinski definition) is 1. The average molecular weight is 448 g/mol. The van der Waals surface area contributed by atoms with Crippen LogP contribution in [0.3, 0.4) is 0 Å². The van der Waals surface area contributed by atoms with Gasteiger partial charge < -0.3 is 10.1 Å². The summed E-state index contributed by atoms with van der Waals surface area (Å²) in [6.45, 7) is 3.66. The monoisotopic (exact) mass is 447 g/mol. The molecular weight excluding hydrogens is 429 g/mol. The van der Waals surface area contributed by atoms with Crippen molar-refractivity contribution < 1.29 is 14.3 Å². The number of ether oxygens (including phenoxy) is 1. The van der Waals surface area contributed by atoms with Crippen LogP contribution in [0.2, 0.25) is 10.0 Å². The molecule has 156 valence electrons. The molecule has 0 saturated carbocycles. The van der Waals surface area contributed by atoms with Gasteiger partial charge in [-0.15, -0.1) is 0 Å². The molecule has 1 heterocycles. The van der Waals surface area contributed by atoms with Crippen molar-refractivity contribution in [2.75, 3.05) is 11.9 Å². The lowest BCUT2D eigenvalue weighted by Crippen LogP contribution is -2.29. The van der Waals surface area contributed by atoms with Crippen LogP contribution in [0.5, 0.6) is 0 Å². The summed E-state index contributed by atoms with van der Waals surface area (Å²) in [4.78, 5) is 37.5. The van der Waals surface area contributed by atoms with E-state index in [4.69, 9.17) is 27.9 Å². The van der Waals surface area contributed by atoms with E-state index in [9.17, 15) is 14.4 Å². The van der Waals surface area contributed by atoms with Crippen LogP contribution in [0.25, 0.3) is 10.8 Å². The Morgan fingerprint density at radius 3 is 2.50 bits per heavy atom. The van der Waals surface area contributed by atoms with Crippen molar-refractivity contribution in [3.05, 3.63) is 68.6 Å². The topological polar surface area (TPSA) is 90.3 Å². The highest BCUT2D eigenvalue weighted by molar-refractivity contribution is 6.44. The molecule has 3 aromatic rings. The van der Waals surface area contributed by atoms with Crippen LogP contribution in [0, 0.1) is 5.92 Å². The van der Waals surface area contributed by atoms with E-state index in [1.807, 2.05) is 13.8 Å². The zero-order chi connectivity index (χ0) is 21.8. The SMILES string of the molecule is CC(C)Cn1nc(C(=O)OCC(=O)Nc2cccc(Cl)c2Cl)c2ccccc2c1=O. The number of benzene rings is 2. The number of carbonyl (C=O) groups is 2. The second kappa shape index (κ2) is 9.28. The lowest BCUT2D eigenvalue weighted by atomic mass is 10.1. The van der Waals surface area contributed by atoms with Crippen LogP contribution < -0.4 is 10.9 Å². The first-order valence-electron chi connectivity index (χ1n) is 9.18. The van der Waals surface area contributed by atoms with Gasteiger partial charge in [0.1, 0.15) is 0 Å². The van der Waals surface area contributed by atoms with Crippen LogP contribution in [0.4, 0.5) is 5.69 Å². The molecule has 0 saturated heterocycles. The van der Waals surface area contributed by atoms with Gasteiger partial charge in [0.2, 0.25) is 0 Å². The molecule has 0 aliphatic carbocycles. The van der Waals surface area contributed by atoms with E-state index in [0.717, 1.165) is 0 Å². The second-order valence-electron chi connectivity index (χ2n) is 7.00. The Kier molecular flexibility index (Phi) is 6.74. The van der Waals surface area contributed by atoms with Crippen molar-refractivity contribution in [2.24, 2.45) is 5.92 Å². The Hall–Kier alpha value is -2.90. The first-order valence-corrected chi connectivity index (χ1v) is 9.94. The van der Waals surface area contributed by atoms with Crippen LogP contribution in [0.1, 0.15) is 24.3 Å². The summed E-state index contributed by atoms with van der Waals surface area (Å²) in [5.41, 5.74) is -0.0112. The molecule has 0 bridgehead atoms. The van der Waals surface area contributed by atoms with E-state index in [0.29, 0.717) is 23.0 Å². The Balaban J connectivity index is 1.81. The number of halogens is 2. The molecule has 0 radical (unpaired) electrons. The maximum atomic E-state index is 12.7. The van der Waals surface area contributed by atoms with E-state index < -0.39 is 18.5 Å². The lowest BCUT2D eigenvalue weighted by Gasteiger charge is -2.12. The summed E-state index contributed by atoms with van der Waals surface area (Å²) in [6, 6.07) is 11.4. The zero-order valence-corrected chi connectivity index (χ0v) is 17.8. The number of carbonyl (C=O) groups excluding carboxylic acids is 2. The van der Waals surface area contributed by atoms with Crippen molar-refractivity contribution in [3.63, 3.8) is 0 Å². The maximum absolute atomic E-state index is 12.7. The van der Waals surface area contributed by atoms with Gasteiger partial charge in [-0.25, -0.2) is 9.48 Å². The maximum Gasteiger partial charge on any atom is 0.359 e. The number of esters is 1. The smallest absolute Gasteiger partial charge is 0.359 e. The number of aromatic nitrogens is 2. The first kappa shape index (κ1) is 21.8. The second-order valence-corrected chi connectivity index (χ2v) is 7.79. The number of fused-ring (bicyclic) bond motifs is 1. The fourth-order valence-corrected chi connectivity index (χ4v) is 3.19. The molecule has 1 N–H and O–H groups in total. The van der Waals surface area contributed by atoms with E-state index in [-0.39, 0.29) is 27.2 Å². The highest BCUT2D eigenvalue weighted by atomic mass is 35.5. The summed E-state index contributed by atoms with van der Waals surface area (Å²) in [5.74, 6) is -1.25. The molecule has 7 nitrogen and oxygen atoms in total. The average Bonchev–Trinajstić information content (AvgIpc) is 2.71. The third-order valence-electron chi connectivity index (χ3n) is 4.16. The van der Waals surface area contributed by atoms with Gasteiger partial charge in [0.25, 0.3) is 11.5 Å². The number of nitrogens with one attached hydrogen (secondary N) is 1. The minimum Gasteiger partial charge on any atom is -0.451 e. The van der Waals surface area contributed by atoms with Crippen LogP contribution >= 0.6 is 23.2 Å². The summed E-state index contributed by atoms with van der Waals surface area (Å²) in [7, 11) is 0. The van der Waals surface area contributed by atoms with Crippen LogP contribution in [-0.4, -0.2) is 28.3 Å². The fourth-order valence-electron chi connectivity index (χ4n) is 2.84. The molecule has 9 heteroatoms. The molecule has 30 heavy (non-hydrogen) atoms. The summed E-state index contributed by atoms with van der Waals surface area (Å²) in [6.07, 6.45) is 0. The number of rotatable bonds is 6. The molecule has 0 aliphatic rings. The number of hydrogen-bond acceptors (Lipinski definition) is 5. The minimum atomic E-state index is -0.809. The van der Waals surface area contributed by atoms with Gasteiger partial charge in [0.15, 0.2) is 12.3 Å². The van der Waals surface area contributed by atoms with E-state index in [1.54, 1.807) is 42.5 Å². The standard InChI is InChI=1S/C21H19Cl2N3O4/c1-12(2)10-26-20(28)14-7-4-3-6-13(14)19(25-26)21(29)30-11-17(27)24-16-9-5-8-15(22)18(16)23/h3-9,12H,10-11H2,1-2H3,(H,24,27). The quantitative estimate of drug-likeness (QED) is 0.572. The Morgan fingerprint density at radius 1 is 1.10 bits per heavy atom. The highest BCUT2D eigenvalue weighted by Crippen LogP contribution is 2.29. The zero-order valence-electron chi connectivity index (χ0n) is 16.3. The predicted molar refractivity (Wildman–Crippen MR) is 116 cm³/mol. The summed E-state index contributed by atoms with van der Waals surface area (Å²) < 4.78 is 6.38. The third-order valence-corrected chi connectivity index (χ3v) is 4.98. The van der Waals surface area contributed by atoms with Gasteiger partial charge in [0.05, 0.1) is 21.1 Å². The summed E-state index contributed by atoms with van der Waals surface area (Å²) >= 11 is 12.0. The normalized spacial score (nSPS) is 11.0. The van der Waals surface area contributed by atoms with E-state index in [2.05, 4.69) is 10.4 Å². The van der Waals surface area contributed by atoms with E-state index >= 15 is 0 Å². The van der Waals surface area contributed by atoms with Crippen molar-refractivity contribution in [1.82, 2.24) is 9.78 Å². The number of anilines is 1. The minimum absolute atomic E-state index is 0.0283. The Morgan fingerprint density at radius 2 is 1.80 bits per heavy atom. The van der Waals surface area contributed by atoms with Gasteiger partial charge in [-0.1, -0.05) is 61.3 Å². The molecule has 0 unspecified atom stereocenters. The summed E-state index contributed by atoms with van der Waals surface area (Å²) in [5, 5.41) is 7.92. The molecule has 0 spiro atoms. The van der Waals surface area contributed by atoms with E-state index in [1.165, 1.54) is 4.68 Å². The first-order chi connectivity index (χ1) is 14.3. The third kappa shape index (κ3) is 4.80. The Bertz CT molecular complexity index is 1170. The molecular formula is C21H19Cl2N3O4. The molecule has 0 fully saturated rings. The predicted octanol–water partition coefficient (Wildman–Crippen LogP) is 4.15. The van der Waals surface area contributed by atoms with Gasteiger partial charge in [0, 0.05) is 11.9 Å². The molecule has 1 amide bonds. The van der Waals surface area contributed by atoms with Crippen molar-refractivity contribution in [3.8, 4) is 0 Å². The van der Waals surface area contributed by atoms with Gasteiger partial charge in [-0.3, -0.25) is 9.59 Å². The van der Waals surface area contributed by atoms with Gasteiger partial charge in [-0.2, -0.15) is 5.10 Å². The molecule has 0 aliphatic heterocycles. The van der Waals surface area contributed by atoms with Crippen LogP contribution in [0.15, 0.2) is 47.3 Å². The molecule has 3 rings (SSSR count). The van der Waals surface area contributed by atoms with Crippen molar-refractivity contribution in [2.45, 2.75) is 20.4 Å². The van der Waals surface area contributed by atoms with Crippen molar-refractivity contribution >= 4 is 51.5 Å². The largest absolute Gasteiger partial charge is 0.451 e. The number of amides is 1. The van der Waals surface area contributed by atoms with Crippen molar-refractivity contribution in [1.29, 1.82) is 0 Å². The Labute approximate surface area is 182 Å². The lowest BCUT2D eigenvalue weighted by molar-refractivity contribution is -0.119. The van der Waals surface area contributed by atoms with Gasteiger partial charge >= 0.3 is 5.97 Å². The molecule has 1 aromatic heterocycles. The fraction of sp³-hybridized carbons (Fsp3) is 0.238. The highest BCUT2D eigenvalue weighted by Gasteiger charge is 2.19. The molecule has 0 atom stereocenters. The molecule has 2 aromatic carbocycles. The van der Waals surface area contributed by atoms with Gasteiger partial charge in [-0.05, 0) is 24.1 Å².